The summed E-state index contributed by atoms with van der Waals surface area (Å²) in [5.41, 5.74) is 13.8. The van der Waals surface area contributed by atoms with Gasteiger partial charge >= 0.3 is 0 Å². The predicted molar refractivity (Wildman–Crippen MR) is 90.7 cm³/mol. The standard InChI is InChI=1S/C17H25N5O2/c1-10-14(15(16(18)23)21-20-10)19-17(24)11(2)22-8-7-12-5-3-4-6-13(12)9-22/h3-6,10-11,14-15,20-21H,7-9H2,1-2H3,(H2,18,23)(H,19,24). The van der Waals surface area contributed by atoms with Gasteiger partial charge in [0, 0.05) is 19.1 Å². The zero-order valence-corrected chi connectivity index (χ0v) is 14.1. The second-order valence-electron chi connectivity index (χ2n) is 6.66. The van der Waals surface area contributed by atoms with E-state index in [0.717, 1.165) is 19.5 Å². The van der Waals surface area contributed by atoms with Crippen LogP contribution in [-0.2, 0) is 22.6 Å². The maximum Gasteiger partial charge on any atom is 0.238 e. The number of hydrogen-bond acceptors (Lipinski definition) is 5. The van der Waals surface area contributed by atoms with Crippen molar-refractivity contribution in [3.63, 3.8) is 0 Å². The van der Waals surface area contributed by atoms with Gasteiger partial charge in [0.25, 0.3) is 0 Å². The maximum absolute atomic E-state index is 12.7. The highest BCUT2D eigenvalue weighted by Gasteiger charge is 2.39. The van der Waals surface area contributed by atoms with Crippen molar-refractivity contribution < 1.29 is 9.59 Å². The second-order valence-corrected chi connectivity index (χ2v) is 6.66. The summed E-state index contributed by atoms with van der Waals surface area (Å²) in [6, 6.07) is 7.06. The number of carbonyl (C=O) groups excluding carboxylic acids is 2. The summed E-state index contributed by atoms with van der Waals surface area (Å²) in [5.74, 6) is -0.556. The van der Waals surface area contributed by atoms with Crippen LogP contribution in [0.5, 0.6) is 0 Å². The van der Waals surface area contributed by atoms with E-state index in [1.165, 1.54) is 11.1 Å². The van der Waals surface area contributed by atoms with Crippen LogP contribution in [0.2, 0.25) is 0 Å². The van der Waals surface area contributed by atoms with Crippen LogP contribution in [0.4, 0.5) is 0 Å². The third-order valence-electron chi connectivity index (χ3n) is 5.07. The van der Waals surface area contributed by atoms with E-state index in [1.54, 1.807) is 0 Å². The average Bonchev–Trinajstić information content (AvgIpc) is 2.94. The molecule has 0 bridgehead atoms. The molecule has 24 heavy (non-hydrogen) atoms. The molecule has 7 heteroatoms. The monoisotopic (exact) mass is 331 g/mol. The number of hydrazine groups is 1. The molecule has 0 aromatic heterocycles. The average molecular weight is 331 g/mol. The van der Waals surface area contributed by atoms with E-state index in [1.807, 2.05) is 19.9 Å². The molecule has 2 aliphatic heterocycles. The Morgan fingerprint density at radius 1 is 1.29 bits per heavy atom. The molecule has 0 aliphatic carbocycles. The Hall–Kier alpha value is -1.96. The number of nitrogens with one attached hydrogen (secondary N) is 3. The first-order valence-electron chi connectivity index (χ1n) is 8.39. The molecule has 2 amide bonds. The van der Waals surface area contributed by atoms with Crippen molar-refractivity contribution in [2.24, 2.45) is 5.73 Å². The third-order valence-corrected chi connectivity index (χ3v) is 5.07. The molecule has 1 aromatic carbocycles. The molecule has 0 spiro atoms. The molecule has 5 N–H and O–H groups in total. The number of amides is 2. The molecule has 7 nitrogen and oxygen atoms in total. The predicted octanol–water partition coefficient (Wildman–Crippen LogP) is -0.732. The fourth-order valence-corrected chi connectivity index (χ4v) is 3.44. The highest BCUT2D eigenvalue weighted by Crippen LogP contribution is 2.20. The first-order valence-corrected chi connectivity index (χ1v) is 8.39. The minimum absolute atomic E-state index is 0.0688. The Morgan fingerprint density at radius 2 is 2.00 bits per heavy atom. The van der Waals surface area contributed by atoms with Gasteiger partial charge in [0.15, 0.2) is 0 Å². The van der Waals surface area contributed by atoms with Crippen LogP contribution in [0.3, 0.4) is 0 Å². The van der Waals surface area contributed by atoms with Crippen molar-refractivity contribution in [2.75, 3.05) is 6.54 Å². The minimum atomic E-state index is -0.599. The van der Waals surface area contributed by atoms with Crippen molar-refractivity contribution in [1.82, 2.24) is 21.1 Å². The lowest BCUT2D eigenvalue weighted by molar-refractivity contribution is -0.127. The first-order chi connectivity index (χ1) is 11.5. The third kappa shape index (κ3) is 3.28. The molecule has 1 fully saturated rings. The number of nitrogens with two attached hydrogens (primary N) is 1. The summed E-state index contributed by atoms with van der Waals surface area (Å²) in [4.78, 5) is 26.3. The molecular formula is C17H25N5O2. The highest BCUT2D eigenvalue weighted by atomic mass is 16.2. The van der Waals surface area contributed by atoms with Gasteiger partial charge in [0.05, 0.1) is 12.1 Å². The van der Waals surface area contributed by atoms with Crippen molar-refractivity contribution in [1.29, 1.82) is 0 Å². The van der Waals surface area contributed by atoms with Crippen LogP contribution in [0.15, 0.2) is 24.3 Å². The quantitative estimate of drug-likeness (QED) is 0.583. The molecular weight excluding hydrogens is 306 g/mol. The van der Waals surface area contributed by atoms with E-state index in [-0.39, 0.29) is 24.0 Å². The zero-order chi connectivity index (χ0) is 17.3. The summed E-state index contributed by atoms with van der Waals surface area (Å²) in [6.45, 7) is 5.42. The minimum Gasteiger partial charge on any atom is -0.368 e. The Bertz CT molecular complexity index is 635. The molecule has 0 saturated carbocycles. The van der Waals surface area contributed by atoms with E-state index < -0.39 is 11.9 Å². The number of fused-ring (bicyclic) bond motifs is 1. The fraction of sp³-hybridized carbons (Fsp3) is 0.529. The Balaban J connectivity index is 1.64. The lowest BCUT2D eigenvalue weighted by Crippen LogP contribution is -2.57. The van der Waals surface area contributed by atoms with Gasteiger partial charge in [-0.05, 0) is 31.4 Å². The van der Waals surface area contributed by atoms with E-state index >= 15 is 0 Å². The molecule has 1 aromatic rings. The summed E-state index contributed by atoms with van der Waals surface area (Å²) in [5, 5.41) is 2.97. The van der Waals surface area contributed by atoms with E-state index in [9.17, 15) is 9.59 Å². The van der Waals surface area contributed by atoms with Crippen LogP contribution < -0.4 is 21.9 Å². The van der Waals surface area contributed by atoms with E-state index in [0.29, 0.717) is 0 Å². The summed E-state index contributed by atoms with van der Waals surface area (Å²) < 4.78 is 0. The smallest absolute Gasteiger partial charge is 0.238 e. The number of primary amides is 1. The number of nitrogens with zero attached hydrogens (tertiary/aromatic N) is 1. The Morgan fingerprint density at radius 3 is 2.71 bits per heavy atom. The molecule has 130 valence electrons. The number of hydrogen-bond donors (Lipinski definition) is 4. The van der Waals surface area contributed by atoms with Crippen molar-refractivity contribution >= 4 is 11.8 Å². The topological polar surface area (TPSA) is 99.5 Å². The second kappa shape index (κ2) is 6.88. The summed E-state index contributed by atoms with van der Waals surface area (Å²) >= 11 is 0. The van der Waals surface area contributed by atoms with Crippen LogP contribution in [0, 0.1) is 0 Å². The molecule has 4 unspecified atom stereocenters. The van der Waals surface area contributed by atoms with E-state index in [4.69, 9.17) is 5.73 Å². The lowest BCUT2D eigenvalue weighted by atomic mass is 9.98. The number of carbonyl (C=O) groups is 2. The molecule has 1 saturated heterocycles. The van der Waals surface area contributed by atoms with Crippen LogP contribution >= 0.6 is 0 Å². The van der Waals surface area contributed by atoms with Crippen LogP contribution in [0.1, 0.15) is 25.0 Å². The maximum atomic E-state index is 12.7. The van der Waals surface area contributed by atoms with Gasteiger partial charge in [-0.1, -0.05) is 24.3 Å². The number of benzene rings is 1. The number of rotatable bonds is 4. The fourth-order valence-electron chi connectivity index (χ4n) is 3.44. The largest absolute Gasteiger partial charge is 0.368 e. The summed E-state index contributed by atoms with van der Waals surface area (Å²) in [7, 11) is 0. The molecule has 2 heterocycles. The zero-order valence-electron chi connectivity index (χ0n) is 14.1. The van der Waals surface area contributed by atoms with Crippen molar-refractivity contribution in [2.45, 2.75) is 51.0 Å². The molecule has 4 atom stereocenters. The normalized spacial score (nSPS) is 28.2. The highest BCUT2D eigenvalue weighted by molar-refractivity contribution is 5.85. The van der Waals surface area contributed by atoms with Gasteiger partial charge < -0.3 is 11.1 Å². The van der Waals surface area contributed by atoms with Gasteiger partial charge in [0.2, 0.25) is 11.8 Å². The van der Waals surface area contributed by atoms with E-state index in [2.05, 4.69) is 39.3 Å². The molecule has 2 aliphatic rings. The summed E-state index contributed by atoms with van der Waals surface area (Å²) in [6.07, 6.45) is 0.945. The van der Waals surface area contributed by atoms with Gasteiger partial charge in [-0.2, -0.15) is 0 Å². The lowest BCUT2D eigenvalue weighted by Gasteiger charge is -2.34. The van der Waals surface area contributed by atoms with Gasteiger partial charge in [0.1, 0.15) is 6.04 Å². The molecule has 3 rings (SSSR count). The van der Waals surface area contributed by atoms with Gasteiger partial charge in [-0.15, -0.1) is 0 Å². The van der Waals surface area contributed by atoms with Crippen molar-refractivity contribution in [3.8, 4) is 0 Å². The first kappa shape index (κ1) is 16.9. The Kier molecular flexibility index (Phi) is 4.84. The SMILES string of the molecule is CC1NNC(C(N)=O)C1NC(=O)C(C)N1CCc2ccccc2C1. The van der Waals surface area contributed by atoms with Gasteiger partial charge in [-0.25, -0.2) is 5.43 Å². The van der Waals surface area contributed by atoms with Crippen molar-refractivity contribution in [3.05, 3.63) is 35.4 Å². The Labute approximate surface area is 141 Å². The van der Waals surface area contributed by atoms with Crippen LogP contribution in [-0.4, -0.2) is 47.4 Å². The molecule has 0 radical (unpaired) electrons. The van der Waals surface area contributed by atoms with Gasteiger partial charge in [-0.3, -0.25) is 19.9 Å². The van der Waals surface area contributed by atoms with Crippen LogP contribution in [0.25, 0.3) is 0 Å².